The zero-order chi connectivity index (χ0) is 19.5. The van der Waals surface area contributed by atoms with E-state index < -0.39 is 0 Å². The number of carbonyl (C=O) groups is 1. The molecule has 3 heterocycles. The Hall–Kier alpha value is -2.36. The molecule has 0 radical (unpaired) electrons. The number of rotatable bonds is 6. The molecule has 0 unspecified atom stereocenters. The van der Waals surface area contributed by atoms with Crippen LogP contribution in [0.25, 0.3) is 11.0 Å². The molecule has 1 N–H and O–H groups in total. The number of amides is 1. The van der Waals surface area contributed by atoms with Gasteiger partial charge in [0.05, 0.1) is 16.9 Å². The van der Waals surface area contributed by atoms with Crippen LogP contribution < -0.4 is 5.32 Å². The van der Waals surface area contributed by atoms with Crippen LogP contribution in [0.15, 0.2) is 56.4 Å². The molecule has 0 atom stereocenters. The number of fused-ring (bicyclic) bond motifs is 1. The molecule has 0 saturated heterocycles. The first-order valence-corrected chi connectivity index (χ1v) is 11.4. The zero-order valence-electron chi connectivity index (χ0n) is 15.1. The Labute approximate surface area is 174 Å². The van der Waals surface area contributed by atoms with E-state index in [0.29, 0.717) is 22.8 Å². The lowest BCUT2D eigenvalue weighted by Gasteiger charge is -2.05. The lowest BCUT2D eigenvalue weighted by Crippen LogP contribution is -2.13. The van der Waals surface area contributed by atoms with Crippen molar-refractivity contribution in [3.63, 3.8) is 0 Å². The average Bonchev–Trinajstić information content (AvgIpc) is 3.30. The molecule has 4 rings (SSSR count). The summed E-state index contributed by atoms with van der Waals surface area (Å²) in [5, 5.41) is 13.8. The summed E-state index contributed by atoms with van der Waals surface area (Å²) < 4.78 is 6.76. The second kappa shape index (κ2) is 8.34. The lowest BCUT2D eigenvalue weighted by atomic mass is 10.1. The van der Waals surface area contributed by atoms with Gasteiger partial charge in [0, 0.05) is 16.7 Å². The van der Waals surface area contributed by atoms with Gasteiger partial charge in [-0.15, -0.1) is 22.0 Å². The van der Waals surface area contributed by atoms with Gasteiger partial charge in [-0.3, -0.25) is 4.79 Å². The van der Waals surface area contributed by atoms with Crippen molar-refractivity contribution in [1.82, 2.24) is 15.2 Å². The van der Waals surface area contributed by atoms with Crippen molar-refractivity contribution < 1.29 is 9.21 Å². The summed E-state index contributed by atoms with van der Waals surface area (Å²) in [7, 11) is 0. The van der Waals surface area contributed by atoms with Gasteiger partial charge in [0.25, 0.3) is 5.91 Å². The van der Waals surface area contributed by atoms with Crippen molar-refractivity contribution in [2.75, 3.05) is 11.6 Å². The van der Waals surface area contributed by atoms with E-state index in [0.717, 1.165) is 25.3 Å². The van der Waals surface area contributed by atoms with Gasteiger partial charge in [0.15, 0.2) is 10.1 Å². The minimum atomic E-state index is -0.293. The van der Waals surface area contributed by atoms with Crippen LogP contribution in [0.3, 0.4) is 0 Å². The van der Waals surface area contributed by atoms with E-state index in [1.807, 2.05) is 49.6 Å². The number of benzene rings is 1. The number of aryl methyl sites for hydroxylation is 1. The van der Waals surface area contributed by atoms with E-state index in [4.69, 9.17) is 4.42 Å². The molecule has 1 aromatic carbocycles. The van der Waals surface area contributed by atoms with E-state index >= 15 is 0 Å². The van der Waals surface area contributed by atoms with E-state index in [1.165, 1.54) is 11.3 Å². The maximum Gasteiger partial charge on any atom is 0.291 e. The maximum atomic E-state index is 12.9. The Morgan fingerprint density at radius 1 is 1.21 bits per heavy atom. The van der Waals surface area contributed by atoms with Gasteiger partial charge in [0.2, 0.25) is 0 Å². The standard InChI is InChI=1S/C19H16N4O2S3/c1-11-22-23-19(28-11)27-10-14-13-5-3-4-6-15(13)25-17(14)18(24)21-12-7-8-16(26-2)20-9-12/h3-9H,10H2,1-2H3,(H,21,24). The highest BCUT2D eigenvalue weighted by atomic mass is 32.2. The van der Waals surface area contributed by atoms with Crippen molar-refractivity contribution in [2.45, 2.75) is 22.0 Å². The van der Waals surface area contributed by atoms with Crippen LogP contribution in [0.1, 0.15) is 21.1 Å². The number of pyridine rings is 1. The second-order valence-electron chi connectivity index (χ2n) is 5.82. The minimum Gasteiger partial charge on any atom is -0.451 e. The molecule has 0 aliphatic heterocycles. The molecule has 0 spiro atoms. The van der Waals surface area contributed by atoms with E-state index in [9.17, 15) is 4.79 Å². The summed E-state index contributed by atoms with van der Waals surface area (Å²) in [6, 6.07) is 11.4. The van der Waals surface area contributed by atoms with Crippen molar-refractivity contribution in [2.24, 2.45) is 0 Å². The number of anilines is 1. The Bertz CT molecular complexity index is 1120. The summed E-state index contributed by atoms with van der Waals surface area (Å²) in [6.45, 7) is 1.92. The molecular formula is C19H16N4O2S3. The van der Waals surface area contributed by atoms with Gasteiger partial charge in [-0.2, -0.15) is 0 Å². The van der Waals surface area contributed by atoms with Crippen LogP contribution in [-0.2, 0) is 5.75 Å². The predicted molar refractivity (Wildman–Crippen MR) is 114 cm³/mol. The third-order valence-electron chi connectivity index (χ3n) is 3.96. The maximum absolute atomic E-state index is 12.9. The number of para-hydroxylation sites is 1. The predicted octanol–water partition coefficient (Wildman–Crippen LogP) is 5.25. The Kier molecular flexibility index (Phi) is 5.65. The Morgan fingerprint density at radius 3 is 2.79 bits per heavy atom. The summed E-state index contributed by atoms with van der Waals surface area (Å²) in [4.78, 5) is 17.2. The number of thioether (sulfide) groups is 2. The van der Waals surface area contributed by atoms with Crippen LogP contribution in [0, 0.1) is 6.92 Å². The van der Waals surface area contributed by atoms with Gasteiger partial charge in [-0.1, -0.05) is 41.3 Å². The number of aromatic nitrogens is 3. The topological polar surface area (TPSA) is 80.9 Å². The number of hydrogen-bond acceptors (Lipinski definition) is 8. The van der Waals surface area contributed by atoms with Crippen molar-refractivity contribution in [3.05, 3.63) is 58.9 Å². The fourth-order valence-electron chi connectivity index (χ4n) is 2.66. The highest BCUT2D eigenvalue weighted by molar-refractivity contribution is 8.00. The molecule has 0 saturated carbocycles. The van der Waals surface area contributed by atoms with E-state index in [2.05, 4.69) is 20.5 Å². The van der Waals surface area contributed by atoms with Gasteiger partial charge >= 0.3 is 0 Å². The summed E-state index contributed by atoms with van der Waals surface area (Å²) in [5.41, 5.74) is 2.16. The molecule has 6 nitrogen and oxygen atoms in total. The number of furan rings is 1. The first-order valence-electron chi connectivity index (χ1n) is 8.39. The van der Waals surface area contributed by atoms with Crippen molar-refractivity contribution in [1.29, 1.82) is 0 Å². The number of carbonyl (C=O) groups excluding carboxylic acids is 1. The monoisotopic (exact) mass is 428 g/mol. The molecule has 3 aromatic heterocycles. The van der Waals surface area contributed by atoms with Crippen LogP contribution in [0.5, 0.6) is 0 Å². The van der Waals surface area contributed by atoms with Crippen LogP contribution in [0.4, 0.5) is 5.69 Å². The highest BCUT2D eigenvalue weighted by Crippen LogP contribution is 2.33. The molecule has 0 aliphatic carbocycles. The quantitative estimate of drug-likeness (QED) is 0.420. The lowest BCUT2D eigenvalue weighted by molar-refractivity contribution is 0.0998. The number of nitrogens with one attached hydrogen (secondary N) is 1. The van der Waals surface area contributed by atoms with E-state index in [-0.39, 0.29) is 5.91 Å². The SMILES string of the molecule is CSc1ccc(NC(=O)c2oc3ccccc3c2CSc2nnc(C)s2)cn1. The molecule has 9 heteroatoms. The van der Waals surface area contributed by atoms with Crippen molar-refractivity contribution in [3.8, 4) is 0 Å². The minimum absolute atomic E-state index is 0.293. The van der Waals surface area contributed by atoms with Crippen LogP contribution in [0.2, 0.25) is 0 Å². The molecular weight excluding hydrogens is 412 g/mol. The normalized spacial score (nSPS) is 11.1. The highest BCUT2D eigenvalue weighted by Gasteiger charge is 2.21. The second-order valence-corrected chi connectivity index (χ2v) is 9.06. The Balaban J connectivity index is 1.61. The number of nitrogens with zero attached hydrogens (tertiary/aromatic N) is 3. The fourth-order valence-corrected chi connectivity index (χ4v) is 4.86. The largest absolute Gasteiger partial charge is 0.451 e. The molecule has 4 aromatic rings. The molecule has 28 heavy (non-hydrogen) atoms. The van der Waals surface area contributed by atoms with Gasteiger partial charge in [-0.25, -0.2) is 4.98 Å². The molecule has 0 bridgehead atoms. The third kappa shape index (κ3) is 4.06. The number of hydrogen-bond donors (Lipinski definition) is 1. The van der Waals surface area contributed by atoms with E-state index in [1.54, 1.807) is 29.7 Å². The third-order valence-corrected chi connectivity index (χ3v) is 6.61. The summed E-state index contributed by atoms with van der Waals surface area (Å²) in [5.74, 6) is 0.584. The summed E-state index contributed by atoms with van der Waals surface area (Å²) >= 11 is 4.63. The molecule has 142 valence electrons. The molecule has 0 fully saturated rings. The Morgan fingerprint density at radius 2 is 2.07 bits per heavy atom. The van der Waals surface area contributed by atoms with Crippen LogP contribution in [-0.4, -0.2) is 27.3 Å². The van der Waals surface area contributed by atoms with Gasteiger partial charge in [0.1, 0.15) is 10.6 Å². The average molecular weight is 429 g/mol. The first-order chi connectivity index (χ1) is 13.6. The van der Waals surface area contributed by atoms with Crippen molar-refractivity contribution >= 4 is 57.4 Å². The summed E-state index contributed by atoms with van der Waals surface area (Å²) in [6.07, 6.45) is 3.60. The molecule has 0 aliphatic rings. The van der Waals surface area contributed by atoms with Crippen LogP contribution >= 0.6 is 34.9 Å². The molecule has 1 amide bonds. The van der Waals surface area contributed by atoms with Gasteiger partial charge in [-0.05, 0) is 31.4 Å². The smallest absolute Gasteiger partial charge is 0.291 e. The zero-order valence-corrected chi connectivity index (χ0v) is 17.6. The van der Waals surface area contributed by atoms with Gasteiger partial charge < -0.3 is 9.73 Å². The fraction of sp³-hybridized carbons (Fsp3) is 0.158. The first kappa shape index (κ1) is 19.0.